The number of nitrogens with one attached hydrogen (secondary N) is 6. The Morgan fingerprint density at radius 1 is 0.616 bits per heavy atom. The summed E-state index contributed by atoms with van der Waals surface area (Å²) < 4.78 is 65.1. The minimum absolute atomic E-state index is 0. The number of aromatic amines is 1. The number of imidazole rings is 2. The number of rotatable bonds is 26. The molecule has 472 valence electrons. The standard InChI is InChI=1S/C34H48N6O5S.C24H33N7O4S.CH4.ClH.HNO/c41-28(29-15-7-9-21-44-29)14-6-1-2-11-23-46(42,43)27-19-17-26(18-20-27)37-34-38-32(36-25-12-4-3-5-13-25)31-33(39-34)40(24-35-31)30-16-8-10-22-45-30;25-35-20(32)10-6-1-2-7-15-36(33,34)19-13-11-18(12-14-19)29-24-30-22-21(26-16-27-22)23(31-24)28-17-8-4-3-5-9-17;;;1-2/h17-20,24-25,29-30H,1-16,21-23H2,(H2,36,37,38,39);11-14,16-17H,1-10,15,25H2,(H3,26,27,28,29,30,31);1H4;1H;1H. The van der Waals surface area contributed by atoms with Crippen molar-refractivity contribution in [2.24, 2.45) is 5.90 Å². The van der Waals surface area contributed by atoms with E-state index in [2.05, 4.69) is 51.6 Å². The van der Waals surface area contributed by atoms with Gasteiger partial charge in [-0.2, -0.15) is 30.7 Å². The first-order chi connectivity index (χ1) is 40.9. The first-order valence-corrected chi connectivity index (χ1v) is 33.3. The maximum atomic E-state index is 13.0. The van der Waals surface area contributed by atoms with Gasteiger partial charge in [0.2, 0.25) is 11.9 Å². The topological polar surface area (TPSA) is 343 Å². The highest BCUT2D eigenvalue weighted by Crippen LogP contribution is 2.32. The van der Waals surface area contributed by atoms with Gasteiger partial charge in [0.15, 0.2) is 53.9 Å². The SMILES string of the molecule is C.Cl.N=O.NOC(=O)CCCCCCS(=O)(=O)c1ccc(Nc2nc(NC3CCCCC3)c3[nH]cnc3n2)cc1.O=C(CCCCCCS(=O)(=O)c1ccc(Nc2nc(NC3CCCCC3)c3ncn(C4CCCCO4)c3n2)cc1)C1CCCCO1. The highest BCUT2D eigenvalue weighted by Gasteiger charge is 2.25. The molecular weight excluding hydrogens is 1160 g/mol. The molecule has 24 nitrogen and oxygen atoms in total. The predicted octanol–water partition coefficient (Wildman–Crippen LogP) is 12.2. The molecule has 4 aliphatic rings. The van der Waals surface area contributed by atoms with E-state index in [4.69, 9.17) is 35.2 Å². The average Bonchev–Trinajstić information content (AvgIpc) is 2.04. The van der Waals surface area contributed by atoms with Crippen LogP contribution in [0.25, 0.3) is 22.3 Å². The van der Waals surface area contributed by atoms with Gasteiger partial charge in [0.05, 0.1) is 34.0 Å². The van der Waals surface area contributed by atoms with Crippen molar-refractivity contribution in [1.82, 2.24) is 39.5 Å². The first-order valence-electron chi connectivity index (χ1n) is 29.9. The van der Waals surface area contributed by atoms with Crippen LogP contribution in [0.15, 0.2) is 71.0 Å². The number of hydrogen-bond donors (Lipinski definition) is 7. The molecule has 86 heavy (non-hydrogen) atoms. The molecule has 0 amide bonds. The van der Waals surface area contributed by atoms with Gasteiger partial charge in [0.1, 0.15) is 17.8 Å². The zero-order valence-corrected chi connectivity index (χ0v) is 50.8. The van der Waals surface area contributed by atoms with Crippen LogP contribution in [0.3, 0.4) is 0 Å². The smallest absolute Gasteiger partial charge is 0.324 e. The number of ketones is 1. The minimum atomic E-state index is -3.41. The number of ether oxygens (including phenoxy) is 2. The highest BCUT2D eigenvalue weighted by molar-refractivity contribution is 7.91. The van der Waals surface area contributed by atoms with Crippen molar-refractivity contribution < 1.29 is 40.7 Å². The first kappa shape index (κ1) is 68.7. The van der Waals surface area contributed by atoms with Gasteiger partial charge in [-0.25, -0.2) is 26.8 Å². The fourth-order valence-electron chi connectivity index (χ4n) is 11.2. The number of hydrogen-bond acceptors (Lipinski definition) is 22. The second kappa shape index (κ2) is 34.8. The molecular formula is C59H87ClN14O10S2. The number of carbonyl (C=O) groups excluding carboxylic acids is 2. The van der Waals surface area contributed by atoms with Crippen LogP contribution in [0, 0.1) is 10.5 Å². The normalized spacial score (nSPS) is 17.5. The number of sulfone groups is 2. The number of aromatic nitrogens is 8. The molecule has 4 fully saturated rings. The van der Waals surface area contributed by atoms with Crippen molar-refractivity contribution in [3.8, 4) is 0 Å². The number of H-pyrrole nitrogens is 1. The second-order valence-electron chi connectivity index (χ2n) is 22.1. The van der Waals surface area contributed by atoms with Crippen LogP contribution in [-0.4, -0.2) is 111 Å². The van der Waals surface area contributed by atoms with Crippen LogP contribution in [-0.2, 0) is 43.6 Å². The number of nitrogens with two attached hydrogens (primary N) is 1. The van der Waals surface area contributed by atoms with Crippen LogP contribution >= 0.6 is 12.4 Å². The molecule has 0 bridgehead atoms. The van der Waals surface area contributed by atoms with Crippen molar-refractivity contribution >= 4 is 101 Å². The van der Waals surface area contributed by atoms with E-state index in [-0.39, 0.29) is 60.8 Å². The zero-order valence-electron chi connectivity index (χ0n) is 48.3. The molecule has 2 saturated heterocycles. The number of nitrogens with zero attached hydrogens (tertiary/aromatic N) is 7. The Balaban J connectivity index is 0.000000269. The minimum Gasteiger partial charge on any atom is -0.373 e. The van der Waals surface area contributed by atoms with Gasteiger partial charge < -0.3 is 40.6 Å². The Morgan fingerprint density at radius 2 is 1.13 bits per heavy atom. The van der Waals surface area contributed by atoms with Gasteiger partial charge in [-0.05, 0) is 138 Å². The number of halogens is 1. The number of nitroso groups, excluding NO2 is 1. The molecule has 2 unspecified atom stereocenters. The van der Waals surface area contributed by atoms with Crippen LogP contribution in [0.2, 0.25) is 0 Å². The molecule has 2 aliphatic carbocycles. The molecule has 0 spiro atoms. The van der Waals surface area contributed by atoms with E-state index in [0.29, 0.717) is 102 Å². The Morgan fingerprint density at radius 3 is 1.67 bits per heavy atom. The molecule has 0 radical (unpaired) electrons. The van der Waals surface area contributed by atoms with Crippen molar-refractivity contribution in [3.63, 3.8) is 0 Å². The van der Waals surface area contributed by atoms with Crippen molar-refractivity contribution in [1.29, 1.82) is 5.59 Å². The van der Waals surface area contributed by atoms with Gasteiger partial charge in [-0.3, -0.25) is 14.2 Å². The second-order valence-corrected chi connectivity index (χ2v) is 26.3. The van der Waals surface area contributed by atoms with E-state index >= 15 is 0 Å². The van der Waals surface area contributed by atoms with Crippen LogP contribution < -0.4 is 27.2 Å². The summed E-state index contributed by atoms with van der Waals surface area (Å²) in [5.74, 6) is 6.91. The van der Waals surface area contributed by atoms with E-state index in [1.165, 1.54) is 38.5 Å². The molecule has 4 aromatic heterocycles. The molecule has 10 rings (SSSR count). The summed E-state index contributed by atoms with van der Waals surface area (Å²) >= 11 is 0. The number of unbranched alkanes of at least 4 members (excludes halogenated alkanes) is 6. The van der Waals surface area contributed by atoms with E-state index < -0.39 is 25.6 Å². The molecule has 2 atom stereocenters. The van der Waals surface area contributed by atoms with Crippen LogP contribution in [0.1, 0.15) is 181 Å². The van der Waals surface area contributed by atoms with Crippen molar-refractivity contribution in [3.05, 3.63) is 66.1 Å². The lowest BCUT2D eigenvalue weighted by molar-refractivity contribution is -0.144. The van der Waals surface area contributed by atoms with Crippen molar-refractivity contribution in [2.75, 3.05) is 46.0 Å². The predicted molar refractivity (Wildman–Crippen MR) is 336 cm³/mol. The molecule has 6 aromatic rings. The van der Waals surface area contributed by atoms with Gasteiger partial charge in [0, 0.05) is 49.5 Å². The quantitative estimate of drug-likeness (QED) is 0.0151. The zero-order chi connectivity index (χ0) is 59.2. The van der Waals surface area contributed by atoms with Gasteiger partial charge >= 0.3 is 5.97 Å². The van der Waals surface area contributed by atoms with Crippen LogP contribution in [0.5, 0.6) is 0 Å². The monoisotopic (exact) mass is 1250 g/mol. The maximum absolute atomic E-state index is 13.0. The van der Waals surface area contributed by atoms with Gasteiger partial charge in [-0.15, -0.1) is 12.4 Å². The number of Topliss-reactive ketones (excluding diaryl/α,β-unsaturated/α-hetero) is 1. The van der Waals surface area contributed by atoms with E-state index in [1.807, 2.05) is 4.57 Å². The Bertz CT molecular complexity index is 3260. The summed E-state index contributed by atoms with van der Waals surface area (Å²) in [7, 11) is -6.81. The number of fused-ring (bicyclic) bond motifs is 2. The average molecular weight is 1250 g/mol. The third-order valence-electron chi connectivity index (χ3n) is 15.8. The molecule has 2 aromatic carbocycles. The molecule has 8 N–H and O–H groups in total. The Labute approximate surface area is 510 Å². The van der Waals surface area contributed by atoms with Gasteiger partial charge in [0.25, 0.3) is 0 Å². The van der Waals surface area contributed by atoms with Crippen molar-refractivity contribution in [2.45, 2.75) is 209 Å². The summed E-state index contributed by atoms with van der Waals surface area (Å²) in [5.41, 5.74) is 8.66. The summed E-state index contributed by atoms with van der Waals surface area (Å²) in [6, 6.07) is 14.1. The lowest BCUT2D eigenvalue weighted by Gasteiger charge is -2.25. The fraction of sp³-hybridized carbons (Fsp3) is 0.593. The summed E-state index contributed by atoms with van der Waals surface area (Å²) in [6.45, 7) is 1.40. The van der Waals surface area contributed by atoms with Crippen LogP contribution in [0.4, 0.5) is 34.9 Å². The Hall–Kier alpha value is -6.45. The largest absolute Gasteiger partial charge is 0.373 e. The molecule has 27 heteroatoms. The number of anilines is 6. The lowest BCUT2D eigenvalue weighted by Crippen LogP contribution is -2.27. The molecule has 2 aliphatic heterocycles. The third kappa shape index (κ3) is 20.0. The van der Waals surface area contributed by atoms with E-state index in [0.717, 1.165) is 108 Å². The summed E-state index contributed by atoms with van der Waals surface area (Å²) in [6.07, 6.45) is 27.1. The molecule has 6 heterocycles. The van der Waals surface area contributed by atoms with Gasteiger partial charge in [-0.1, -0.05) is 77.2 Å². The Kier molecular flexibility index (Phi) is 27.8. The number of carbonyl (C=O) groups is 2. The maximum Gasteiger partial charge on any atom is 0.324 e. The summed E-state index contributed by atoms with van der Waals surface area (Å²) in [5, 5.41) is 13.6. The summed E-state index contributed by atoms with van der Waals surface area (Å²) in [4.78, 5) is 66.4. The number of benzene rings is 2. The third-order valence-corrected chi connectivity index (χ3v) is 19.4. The highest BCUT2D eigenvalue weighted by atomic mass is 35.5. The van der Waals surface area contributed by atoms with E-state index in [1.54, 1.807) is 61.2 Å². The van der Waals surface area contributed by atoms with E-state index in [9.17, 15) is 26.4 Å². The molecule has 2 saturated carbocycles. The lowest BCUT2D eigenvalue weighted by atomic mass is 9.95. The fourth-order valence-corrected chi connectivity index (χ4v) is 13.9.